The predicted molar refractivity (Wildman–Crippen MR) is 68.8 cm³/mol. The van der Waals surface area contributed by atoms with E-state index in [1.807, 2.05) is 0 Å². The van der Waals surface area contributed by atoms with Crippen LogP contribution in [0.5, 0.6) is 0 Å². The Morgan fingerprint density at radius 3 is 2.47 bits per heavy atom. The van der Waals surface area contributed by atoms with Gasteiger partial charge in [0.1, 0.15) is 0 Å². The van der Waals surface area contributed by atoms with Gasteiger partial charge in [-0.1, -0.05) is 0 Å². The topological polar surface area (TPSA) is 86.8 Å². The third-order valence-electron chi connectivity index (χ3n) is 3.40. The number of rotatable bonds is 6. The van der Waals surface area contributed by atoms with Crippen LogP contribution in [-0.2, 0) is 19.6 Å². The molecule has 2 amide bonds. The SMILES string of the molecule is CN(C)S(=O)(=O)CCNC1CC(=O)N(C2CC2)C1=O. The second kappa shape index (κ2) is 5.18. The highest BCUT2D eigenvalue weighted by Crippen LogP contribution is 2.31. The highest BCUT2D eigenvalue weighted by atomic mass is 32.2. The van der Waals surface area contributed by atoms with Crippen LogP contribution in [0.25, 0.3) is 0 Å². The van der Waals surface area contributed by atoms with Crippen molar-refractivity contribution in [2.75, 3.05) is 26.4 Å². The molecule has 1 aliphatic heterocycles. The number of carbonyl (C=O) groups is 2. The van der Waals surface area contributed by atoms with Crippen molar-refractivity contribution in [3.05, 3.63) is 0 Å². The van der Waals surface area contributed by atoms with Gasteiger partial charge in [-0.2, -0.15) is 0 Å². The summed E-state index contributed by atoms with van der Waals surface area (Å²) in [7, 11) is -0.344. The molecular weight excluding hydrogens is 270 g/mol. The van der Waals surface area contributed by atoms with Crippen LogP contribution in [0.1, 0.15) is 19.3 Å². The van der Waals surface area contributed by atoms with Gasteiger partial charge in [0.2, 0.25) is 21.8 Å². The summed E-state index contributed by atoms with van der Waals surface area (Å²) >= 11 is 0. The molecule has 1 N–H and O–H groups in total. The van der Waals surface area contributed by atoms with Crippen LogP contribution < -0.4 is 5.32 Å². The van der Waals surface area contributed by atoms with Crippen LogP contribution in [0.4, 0.5) is 0 Å². The Kier molecular flexibility index (Phi) is 3.93. The second-order valence-corrected chi connectivity index (χ2v) is 7.44. The molecule has 1 saturated heterocycles. The van der Waals surface area contributed by atoms with E-state index in [0.29, 0.717) is 0 Å². The molecule has 2 rings (SSSR count). The Morgan fingerprint density at radius 1 is 1.32 bits per heavy atom. The lowest BCUT2D eigenvalue weighted by molar-refractivity contribution is -0.139. The quantitative estimate of drug-likeness (QED) is 0.618. The fraction of sp³-hybridized carbons (Fsp3) is 0.818. The maximum atomic E-state index is 12.0. The van der Waals surface area contributed by atoms with E-state index in [1.165, 1.54) is 19.0 Å². The van der Waals surface area contributed by atoms with Gasteiger partial charge < -0.3 is 5.32 Å². The summed E-state index contributed by atoms with van der Waals surface area (Å²) in [6, 6.07) is -0.484. The fourth-order valence-corrected chi connectivity index (χ4v) is 2.81. The highest BCUT2D eigenvalue weighted by molar-refractivity contribution is 7.89. The average molecular weight is 289 g/mol. The minimum absolute atomic E-state index is 0.0808. The van der Waals surface area contributed by atoms with E-state index >= 15 is 0 Å². The number of amides is 2. The Balaban J connectivity index is 1.84. The second-order valence-electron chi connectivity index (χ2n) is 5.14. The molecule has 0 spiro atoms. The molecule has 0 bridgehead atoms. The smallest absolute Gasteiger partial charge is 0.247 e. The monoisotopic (exact) mass is 289 g/mol. The van der Waals surface area contributed by atoms with E-state index in [2.05, 4.69) is 5.32 Å². The summed E-state index contributed by atoms with van der Waals surface area (Å²) in [6.07, 6.45) is 1.91. The van der Waals surface area contributed by atoms with Crippen molar-refractivity contribution in [1.29, 1.82) is 0 Å². The number of nitrogens with zero attached hydrogens (tertiary/aromatic N) is 2. The summed E-state index contributed by atoms with van der Waals surface area (Å²) in [5.41, 5.74) is 0. The first-order valence-corrected chi connectivity index (χ1v) is 7.93. The Labute approximate surface area is 113 Å². The molecule has 2 aliphatic rings. The molecule has 0 aromatic rings. The number of sulfonamides is 1. The minimum Gasteiger partial charge on any atom is -0.304 e. The van der Waals surface area contributed by atoms with Crippen molar-refractivity contribution in [2.45, 2.75) is 31.3 Å². The lowest BCUT2D eigenvalue weighted by Crippen LogP contribution is -2.42. The van der Waals surface area contributed by atoms with Gasteiger partial charge in [-0.15, -0.1) is 0 Å². The van der Waals surface area contributed by atoms with Gasteiger partial charge in [0, 0.05) is 26.7 Å². The first-order valence-electron chi connectivity index (χ1n) is 6.32. The lowest BCUT2D eigenvalue weighted by atomic mass is 10.2. The Hall–Kier alpha value is -0.990. The zero-order valence-electron chi connectivity index (χ0n) is 11.1. The minimum atomic E-state index is -3.28. The Morgan fingerprint density at radius 2 is 1.95 bits per heavy atom. The molecule has 1 heterocycles. The average Bonchev–Trinajstić information content (AvgIpc) is 3.07. The van der Waals surface area contributed by atoms with Crippen molar-refractivity contribution in [1.82, 2.24) is 14.5 Å². The molecule has 0 radical (unpaired) electrons. The van der Waals surface area contributed by atoms with Gasteiger partial charge in [-0.25, -0.2) is 12.7 Å². The van der Waals surface area contributed by atoms with Crippen LogP contribution >= 0.6 is 0 Å². The standard InChI is InChI=1S/C11H19N3O4S/c1-13(2)19(17,18)6-5-12-9-7-10(15)14(11(9)16)8-3-4-8/h8-9,12H,3-7H2,1-2H3. The maximum absolute atomic E-state index is 12.0. The van der Waals surface area contributed by atoms with Crippen LogP contribution in [0, 0.1) is 0 Å². The molecule has 1 saturated carbocycles. The van der Waals surface area contributed by atoms with Gasteiger partial charge in [0.05, 0.1) is 18.2 Å². The number of imide groups is 1. The van der Waals surface area contributed by atoms with Crippen LogP contribution in [-0.4, -0.2) is 67.9 Å². The number of carbonyl (C=O) groups excluding carboxylic acids is 2. The van der Waals surface area contributed by atoms with Crippen LogP contribution in [0.15, 0.2) is 0 Å². The van der Waals surface area contributed by atoms with Crippen LogP contribution in [0.2, 0.25) is 0 Å². The van der Waals surface area contributed by atoms with Crippen molar-refractivity contribution < 1.29 is 18.0 Å². The van der Waals surface area contributed by atoms with Crippen molar-refractivity contribution in [3.8, 4) is 0 Å². The zero-order valence-corrected chi connectivity index (χ0v) is 11.9. The van der Waals surface area contributed by atoms with E-state index in [9.17, 15) is 18.0 Å². The summed E-state index contributed by atoms with van der Waals surface area (Å²) in [5.74, 6) is -0.447. The van der Waals surface area contributed by atoms with E-state index in [4.69, 9.17) is 0 Å². The highest BCUT2D eigenvalue weighted by Gasteiger charge is 2.45. The summed E-state index contributed by atoms with van der Waals surface area (Å²) < 4.78 is 24.3. The third-order valence-corrected chi connectivity index (χ3v) is 5.23. The lowest BCUT2D eigenvalue weighted by Gasteiger charge is -2.15. The summed E-state index contributed by atoms with van der Waals surface area (Å²) in [5, 5.41) is 2.87. The molecule has 8 heteroatoms. The van der Waals surface area contributed by atoms with E-state index in [0.717, 1.165) is 17.1 Å². The first-order chi connectivity index (χ1) is 8.83. The van der Waals surface area contributed by atoms with Gasteiger partial charge in [0.25, 0.3) is 0 Å². The molecule has 1 unspecified atom stereocenters. The van der Waals surface area contributed by atoms with E-state index < -0.39 is 16.1 Å². The largest absolute Gasteiger partial charge is 0.304 e. The molecule has 2 fully saturated rings. The first kappa shape index (κ1) is 14.4. The predicted octanol–water partition coefficient (Wildman–Crippen LogP) is -1.24. The zero-order chi connectivity index (χ0) is 14.2. The van der Waals surface area contributed by atoms with Crippen molar-refractivity contribution in [2.24, 2.45) is 0 Å². The number of nitrogens with one attached hydrogen (secondary N) is 1. The molecule has 1 atom stereocenters. The van der Waals surface area contributed by atoms with Gasteiger partial charge in [0.15, 0.2) is 0 Å². The Bertz CT molecular complexity index is 484. The third kappa shape index (κ3) is 3.13. The molecule has 108 valence electrons. The van der Waals surface area contributed by atoms with E-state index in [1.54, 1.807) is 0 Å². The molecule has 0 aromatic heterocycles. The molecule has 7 nitrogen and oxygen atoms in total. The maximum Gasteiger partial charge on any atom is 0.247 e. The van der Waals surface area contributed by atoms with Gasteiger partial charge in [-0.3, -0.25) is 14.5 Å². The van der Waals surface area contributed by atoms with Gasteiger partial charge >= 0.3 is 0 Å². The van der Waals surface area contributed by atoms with Gasteiger partial charge in [-0.05, 0) is 12.8 Å². The number of hydrogen-bond acceptors (Lipinski definition) is 5. The number of likely N-dealkylation sites (tertiary alicyclic amines) is 1. The van der Waals surface area contributed by atoms with Crippen molar-refractivity contribution >= 4 is 21.8 Å². The normalized spacial score (nSPS) is 24.6. The number of hydrogen-bond donors (Lipinski definition) is 1. The van der Waals surface area contributed by atoms with Crippen molar-refractivity contribution in [3.63, 3.8) is 0 Å². The fourth-order valence-electron chi connectivity index (χ4n) is 2.07. The summed E-state index contributed by atoms with van der Waals surface area (Å²) in [6.45, 7) is 0.169. The van der Waals surface area contributed by atoms with Crippen LogP contribution in [0.3, 0.4) is 0 Å². The molecule has 0 aromatic carbocycles. The molecule has 1 aliphatic carbocycles. The van der Waals surface area contributed by atoms with E-state index in [-0.39, 0.29) is 36.6 Å². The summed E-state index contributed by atoms with van der Waals surface area (Å²) in [4.78, 5) is 25.0. The molecule has 19 heavy (non-hydrogen) atoms. The molecular formula is C11H19N3O4S.